The average Bonchev–Trinajstić information content (AvgIpc) is 3.24. The molecule has 0 N–H and O–H groups in total. The van der Waals surface area contributed by atoms with Crippen molar-refractivity contribution in [2.75, 3.05) is 45.3 Å². The number of carbonyl (C=O) groups excluding carboxylic acids is 1. The standard InChI is InChI=1S/C21H21BrN4O4/c1-28-16-5-3-14(13-18(16)29-2)15-4-8-20(24-23-15)25-9-11-26(12-10-25)21(27)17-6-7-19(22)30-17/h3-8,13H,9-12H2,1-2H3. The van der Waals surface area contributed by atoms with Crippen LogP contribution in [-0.2, 0) is 0 Å². The van der Waals surface area contributed by atoms with E-state index in [1.807, 2.05) is 30.3 Å². The smallest absolute Gasteiger partial charge is 0.289 e. The van der Waals surface area contributed by atoms with Gasteiger partial charge in [0.25, 0.3) is 5.91 Å². The van der Waals surface area contributed by atoms with E-state index in [1.54, 1.807) is 31.3 Å². The van der Waals surface area contributed by atoms with Crippen LogP contribution in [0, 0.1) is 0 Å². The van der Waals surface area contributed by atoms with Crippen LogP contribution in [0.2, 0.25) is 0 Å². The van der Waals surface area contributed by atoms with Crippen molar-refractivity contribution in [2.45, 2.75) is 0 Å². The Morgan fingerprint density at radius 3 is 2.33 bits per heavy atom. The highest BCUT2D eigenvalue weighted by Gasteiger charge is 2.25. The van der Waals surface area contributed by atoms with Crippen molar-refractivity contribution in [1.82, 2.24) is 15.1 Å². The van der Waals surface area contributed by atoms with Crippen molar-refractivity contribution in [3.8, 4) is 22.8 Å². The van der Waals surface area contributed by atoms with Gasteiger partial charge in [-0.05, 0) is 58.4 Å². The number of hydrogen-bond acceptors (Lipinski definition) is 7. The molecule has 156 valence electrons. The second-order valence-corrected chi connectivity index (χ2v) is 7.51. The quantitative estimate of drug-likeness (QED) is 0.562. The van der Waals surface area contributed by atoms with Crippen LogP contribution in [0.25, 0.3) is 11.3 Å². The Morgan fingerprint density at radius 1 is 0.967 bits per heavy atom. The van der Waals surface area contributed by atoms with Crippen LogP contribution in [-0.4, -0.2) is 61.4 Å². The number of ether oxygens (including phenoxy) is 2. The summed E-state index contributed by atoms with van der Waals surface area (Å²) in [7, 11) is 3.21. The molecule has 1 aliphatic rings. The average molecular weight is 473 g/mol. The minimum absolute atomic E-state index is 0.102. The first-order chi connectivity index (χ1) is 14.6. The largest absolute Gasteiger partial charge is 0.493 e. The van der Waals surface area contributed by atoms with Gasteiger partial charge in [-0.1, -0.05) is 0 Å². The number of benzene rings is 1. The maximum absolute atomic E-state index is 12.5. The molecule has 0 aliphatic carbocycles. The van der Waals surface area contributed by atoms with E-state index >= 15 is 0 Å². The number of anilines is 1. The van der Waals surface area contributed by atoms with E-state index in [4.69, 9.17) is 13.9 Å². The van der Waals surface area contributed by atoms with Gasteiger partial charge in [0.2, 0.25) is 0 Å². The molecule has 1 aliphatic heterocycles. The van der Waals surface area contributed by atoms with Gasteiger partial charge in [0.15, 0.2) is 27.7 Å². The zero-order chi connectivity index (χ0) is 21.1. The zero-order valence-electron chi connectivity index (χ0n) is 16.7. The Bertz CT molecular complexity index is 1030. The van der Waals surface area contributed by atoms with Crippen molar-refractivity contribution in [2.24, 2.45) is 0 Å². The van der Waals surface area contributed by atoms with Crippen LogP contribution in [0.4, 0.5) is 5.82 Å². The van der Waals surface area contributed by atoms with Crippen LogP contribution in [0.3, 0.4) is 0 Å². The summed E-state index contributed by atoms with van der Waals surface area (Å²) >= 11 is 3.23. The highest BCUT2D eigenvalue weighted by molar-refractivity contribution is 9.10. The summed E-state index contributed by atoms with van der Waals surface area (Å²) < 4.78 is 16.6. The number of furan rings is 1. The van der Waals surface area contributed by atoms with E-state index in [2.05, 4.69) is 31.0 Å². The van der Waals surface area contributed by atoms with Gasteiger partial charge in [-0.15, -0.1) is 10.2 Å². The summed E-state index contributed by atoms with van der Waals surface area (Å²) in [5.74, 6) is 2.34. The molecule has 0 unspecified atom stereocenters. The molecule has 0 spiro atoms. The lowest BCUT2D eigenvalue weighted by Gasteiger charge is -2.34. The molecule has 2 aromatic heterocycles. The molecule has 0 bridgehead atoms. The van der Waals surface area contributed by atoms with Gasteiger partial charge in [-0.25, -0.2) is 0 Å². The van der Waals surface area contributed by atoms with Gasteiger partial charge in [-0.2, -0.15) is 0 Å². The van der Waals surface area contributed by atoms with E-state index in [0.717, 1.165) is 17.1 Å². The minimum Gasteiger partial charge on any atom is -0.493 e. The van der Waals surface area contributed by atoms with Crippen LogP contribution < -0.4 is 14.4 Å². The highest BCUT2D eigenvalue weighted by Crippen LogP contribution is 2.31. The lowest BCUT2D eigenvalue weighted by molar-refractivity contribution is 0.0713. The number of halogens is 1. The summed E-state index contributed by atoms with van der Waals surface area (Å²) in [6.45, 7) is 2.54. The van der Waals surface area contributed by atoms with Crippen molar-refractivity contribution >= 4 is 27.7 Å². The summed E-state index contributed by atoms with van der Waals surface area (Å²) in [5, 5.41) is 8.75. The van der Waals surface area contributed by atoms with Crippen LogP contribution in [0.1, 0.15) is 10.6 Å². The number of rotatable bonds is 5. The first-order valence-electron chi connectivity index (χ1n) is 9.44. The molecule has 1 aromatic carbocycles. The third-order valence-electron chi connectivity index (χ3n) is 5.00. The summed E-state index contributed by atoms with van der Waals surface area (Å²) in [4.78, 5) is 16.4. The predicted molar refractivity (Wildman–Crippen MR) is 115 cm³/mol. The summed E-state index contributed by atoms with van der Waals surface area (Å²) in [6, 6.07) is 12.9. The van der Waals surface area contributed by atoms with E-state index in [0.29, 0.717) is 48.1 Å². The Kier molecular flexibility index (Phi) is 5.89. The number of piperazine rings is 1. The number of nitrogens with zero attached hydrogens (tertiary/aromatic N) is 4. The van der Waals surface area contributed by atoms with Gasteiger partial charge < -0.3 is 23.7 Å². The van der Waals surface area contributed by atoms with Crippen LogP contribution >= 0.6 is 15.9 Å². The highest BCUT2D eigenvalue weighted by atomic mass is 79.9. The van der Waals surface area contributed by atoms with Gasteiger partial charge in [0.1, 0.15) is 0 Å². The summed E-state index contributed by atoms with van der Waals surface area (Å²) in [6.07, 6.45) is 0. The number of aromatic nitrogens is 2. The van der Waals surface area contributed by atoms with E-state index in [1.165, 1.54) is 0 Å². The van der Waals surface area contributed by atoms with Crippen LogP contribution in [0.5, 0.6) is 11.5 Å². The number of hydrogen-bond donors (Lipinski definition) is 0. The number of methoxy groups -OCH3 is 2. The van der Waals surface area contributed by atoms with Gasteiger partial charge >= 0.3 is 0 Å². The van der Waals surface area contributed by atoms with Gasteiger partial charge in [0, 0.05) is 31.7 Å². The fourth-order valence-electron chi connectivity index (χ4n) is 3.37. The molecule has 1 fully saturated rings. The molecule has 8 nitrogen and oxygen atoms in total. The van der Waals surface area contributed by atoms with Crippen molar-refractivity contribution in [3.05, 3.63) is 52.9 Å². The van der Waals surface area contributed by atoms with Gasteiger partial charge in [-0.3, -0.25) is 4.79 Å². The molecule has 30 heavy (non-hydrogen) atoms. The molecule has 0 atom stereocenters. The predicted octanol–water partition coefficient (Wildman–Crippen LogP) is 3.48. The van der Waals surface area contributed by atoms with E-state index < -0.39 is 0 Å². The normalized spacial score (nSPS) is 14.0. The molecule has 3 aromatic rings. The Morgan fingerprint density at radius 2 is 1.73 bits per heavy atom. The van der Waals surface area contributed by atoms with E-state index in [-0.39, 0.29) is 5.91 Å². The first-order valence-corrected chi connectivity index (χ1v) is 10.2. The third kappa shape index (κ3) is 4.11. The molecule has 0 radical (unpaired) electrons. The second-order valence-electron chi connectivity index (χ2n) is 6.73. The van der Waals surface area contributed by atoms with Crippen molar-refractivity contribution < 1.29 is 18.7 Å². The maximum atomic E-state index is 12.5. The topological polar surface area (TPSA) is 80.9 Å². The number of amides is 1. The Balaban J connectivity index is 1.41. The molecule has 3 heterocycles. The Labute approximate surface area is 182 Å². The first kappa shape index (κ1) is 20.2. The maximum Gasteiger partial charge on any atom is 0.289 e. The fourth-order valence-corrected chi connectivity index (χ4v) is 3.67. The second kappa shape index (κ2) is 8.74. The third-order valence-corrected chi connectivity index (χ3v) is 5.43. The fraction of sp³-hybridized carbons (Fsp3) is 0.286. The van der Waals surface area contributed by atoms with Crippen LogP contribution in [0.15, 0.2) is 51.6 Å². The molecular weight excluding hydrogens is 452 g/mol. The lowest BCUT2D eigenvalue weighted by atomic mass is 10.1. The minimum atomic E-state index is -0.102. The molecular formula is C21H21BrN4O4. The van der Waals surface area contributed by atoms with Crippen molar-refractivity contribution in [3.63, 3.8) is 0 Å². The van der Waals surface area contributed by atoms with E-state index in [9.17, 15) is 4.79 Å². The molecule has 1 saturated heterocycles. The van der Waals surface area contributed by atoms with Crippen molar-refractivity contribution in [1.29, 1.82) is 0 Å². The molecule has 0 saturated carbocycles. The monoisotopic (exact) mass is 472 g/mol. The Hall–Kier alpha value is -3.07. The number of carbonyl (C=O) groups is 1. The summed E-state index contributed by atoms with van der Waals surface area (Å²) in [5.41, 5.74) is 1.64. The molecule has 4 rings (SSSR count). The zero-order valence-corrected chi connectivity index (χ0v) is 18.3. The molecule has 9 heteroatoms. The SMILES string of the molecule is COc1ccc(-c2ccc(N3CCN(C(=O)c4ccc(Br)o4)CC3)nn2)cc1OC. The van der Waals surface area contributed by atoms with Gasteiger partial charge in [0.05, 0.1) is 19.9 Å². The molecule has 1 amide bonds. The lowest BCUT2D eigenvalue weighted by Crippen LogP contribution is -2.49.